The molecule has 1 aromatic rings. The Bertz CT molecular complexity index is 456. The molecular formula is C16H24N2O. The summed E-state index contributed by atoms with van der Waals surface area (Å²) in [5, 5.41) is 6.18. The molecule has 1 aliphatic rings. The lowest BCUT2D eigenvalue weighted by molar-refractivity contribution is 0.0945. The van der Waals surface area contributed by atoms with Gasteiger partial charge in [0, 0.05) is 19.3 Å². The first-order valence-electron chi connectivity index (χ1n) is 7.18. The molecule has 0 radical (unpaired) electrons. The molecule has 2 N–H and O–H groups in total. The third-order valence-corrected chi connectivity index (χ3v) is 4.25. The zero-order valence-corrected chi connectivity index (χ0v) is 12.1. The van der Waals surface area contributed by atoms with Crippen LogP contribution in [0.25, 0.3) is 0 Å². The van der Waals surface area contributed by atoms with Gasteiger partial charge < -0.3 is 10.6 Å². The van der Waals surface area contributed by atoms with E-state index in [0.717, 1.165) is 29.3 Å². The number of rotatable bonds is 4. The summed E-state index contributed by atoms with van der Waals surface area (Å²) in [6, 6.07) is 5.88. The summed E-state index contributed by atoms with van der Waals surface area (Å²) in [6.07, 6.45) is 3.84. The fourth-order valence-corrected chi connectivity index (χ4v) is 2.91. The van der Waals surface area contributed by atoms with Gasteiger partial charge in [-0.05, 0) is 42.9 Å². The van der Waals surface area contributed by atoms with Crippen molar-refractivity contribution in [2.45, 2.75) is 33.1 Å². The number of aryl methyl sites for hydroxylation is 1. The number of benzene rings is 1. The first kappa shape index (κ1) is 13.9. The summed E-state index contributed by atoms with van der Waals surface area (Å²) < 4.78 is 0. The normalized spacial score (nSPS) is 22.3. The van der Waals surface area contributed by atoms with Gasteiger partial charge in [-0.2, -0.15) is 0 Å². The van der Waals surface area contributed by atoms with Crippen LogP contribution in [0, 0.1) is 18.8 Å². The number of amides is 1. The molecule has 2 unspecified atom stereocenters. The molecule has 1 aromatic carbocycles. The van der Waals surface area contributed by atoms with Crippen LogP contribution in [-0.4, -0.2) is 19.5 Å². The first-order chi connectivity index (χ1) is 9.11. The van der Waals surface area contributed by atoms with E-state index in [4.69, 9.17) is 0 Å². The molecule has 19 heavy (non-hydrogen) atoms. The lowest BCUT2D eigenvalue weighted by Gasteiger charge is -2.17. The SMILES string of the molecule is CNc1cc(C)ccc1C(=O)NCC1CCCC1C. The lowest BCUT2D eigenvalue weighted by Crippen LogP contribution is -2.30. The average molecular weight is 260 g/mol. The Morgan fingerprint density at radius 1 is 1.37 bits per heavy atom. The van der Waals surface area contributed by atoms with Crippen molar-refractivity contribution in [1.29, 1.82) is 0 Å². The third kappa shape index (κ3) is 3.28. The minimum absolute atomic E-state index is 0.0310. The molecule has 0 heterocycles. The summed E-state index contributed by atoms with van der Waals surface area (Å²) in [4.78, 5) is 12.2. The van der Waals surface area contributed by atoms with Gasteiger partial charge in [-0.1, -0.05) is 25.8 Å². The molecule has 1 fully saturated rings. The molecular weight excluding hydrogens is 236 g/mol. The van der Waals surface area contributed by atoms with E-state index in [1.165, 1.54) is 19.3 Å². The second-order valence-corrected chi connectivity index (χ2v) is 5.68. The molecule has 2 rings (SSSR count). The van der Waals surface area contributed by atoms with E-state index in [-0.39, 0.29) is 5.91 Å². The molecule has 1 saturated carbocycles. The van der Waals surface area contributed by atoms with Crippen molar-refractivity contribution in [2.75, 3.05) is 18.9 Å². The van der Waals surface area contributed by atoms with Crippen LogP contribution in [0.5, 0.6) is 0 Å². The average Bonchev–Trinajstić information content (AvgIpc) is 2.81. The minimum Gasteiger partial charge on any atom is -0.387 e. The number of hydrogen-bond donors (Lipinski definition) is 2. The van der Waals surface area contributed by atoms with E-state index >= 15 is 0 Å². The van der Waals surface area contributed by atoms with E-state index in [9.17, 15) is 4.79 Å². The Kier molecular flexibility index (Phi) is 4.46. The number of anilines is 1. The molecule has 3 nitrogen and oxygen atoms in total. The first-order valence-corrected chi connectivity index (χ1v) is 7.18. The fraction of sp³-hybridized carbons (Fsp3) is 0.562. The van der Waals surface area contributed by atoms with Crippen LogP contribution in [0.2, 0.25) is 0 Å². The predicted molar refractivity (Wildman–Crippen MR) is 79.6 cm³/mol. The standard InChI is InChI=1S/C16H24N2O/c1-11-7-8-14(15(9-11)17-3)16(19)18-10-13-6-4-5-12(13)2/h7-9,12-13,17H,4-6,10H2,1-3H3,(H,18,19). The van der Waals surface area contributed by atoms with Gasteiger partial charge in [0.2, 0.25) is 0 Å². The van der Waals surface area contributed by atoms with Crippen LogP contribution in [0.3, 0.4) is 0 Å². The van der Waals surface area contributed by atoms with Crippen LogP contribution < -0.4 is 10.6 Å². The largest absolute Gasteiger partial charge is 0.387 e. The smallest absolute Gasteiger partial charge is 0.253 e. The predicted octanol–water partition coefficient (Wildman–Crippen LogP) is 3.20. The second-order valence-electron chi connectivity index (χ2n) is 5.68. The molecule has 3 heteroatoms. The van der Waals surface area contributed by atoms with Gasteiger partial charge in [0.25, 0.3) is 5.91 Å². The van der Waals surface area contributed by atoms with E-state index in [0.29, 0.717) is 5.92 Å². The number of carbonyl (C=O) groups is 1. The van der Waals surface area contributed by atoms with E-state index < -0.39 is 0 Å². The van der Waals surface area contributed by atoms with Gasteiger partial charge in [-0.25, -0.2) is 0 Å². The quantitative estimate of drug-likeness (QED) is 0.873. The van der Waals surface area contributed by atoms with Gasteiger partial charge in [-0.3, -0.25) is 4.79 Å². The fourth-order valence-electron chi connectivity index (χ4n) is 2.91. The zero-order chi connectivity index (χ0) is 13.8. The van der Waals surface area contributed by atoms with Crippen molar-refractivity contribution < 1.29 is 4.79 Å². The number of carbonyl (C=O) groups excluding carboxylic acids is 1. The highest BCUT2D eigenvalue weighted by Gasteiger charge is 2.23. The van der Waals surface area contributed by atoms with Gasteiger partial charge in [0.05, 0.1) is 5.56 Å². The van der Waals surface area contributed by atoms with Crippen LogP contribution >= 0.6 is 0 Å². The maximum Gasteiger partial charge on any atom is 0.253 e. The van der Waals surface area contributed by atoms with E-state index in [2.05, 4.69) is 17.6 Å². The molecule has 0 saturated heterocycles. The summed E-state index contributed by atoms with van der Waals surface area (Å²) in [5.74, 6) is 1.41. The maximum absolute atomic E-state index is 12.2. The molecule has 2 atom stereocenters. The lowest BCUT2D eigenvalue weighted by atomic mass is 9.98. The minimum atomic E-state index is 0.0310. The van der Waals surface area contributed by atoms with Crippen molar-refractivity contribution >= 4 is 11.6 Å². The van der Waals surface area contributed by atoms with E-state index in [1.807, 2.05) is 32.2 Å². The number of hydrogen-bond acceptors (Lipinski definition) is 2. The Morgan fingerprint density at radius 3 is 2.79 bits per heavy atom. The maximum atomic E-state index is 12.2. The summed E-state index contributed by atoms with van der Waals surface area (Å²) >= 11 is 0. The Balaban J connectivity index is 1.99. The topological polar surface area (TPSA) is 41.1 Å². The highest BCUT2D eigenvalue weighted by Crippen LogP contribution is 2.30. The van der Waals surface area contributed by atoms with Crippen molar-refractivity contribution in [3.05, 3.63) is 29.3 Å². The summed E-state index contributed by atoms with van der Waals surface area (Å²) in [5.41, 5.74) is 2.79. The van der Waals surface area contributed by atoms with E-state index in [1.54, 1.807) is 0 Å². The molecule has 1 aliphatic carbocycles. The van der Waals surface area contributed by atoms with Crippen molar-refractivity contribution in [1.82, 2.24) is 5.32 Å². The van der Waals surface area contributed by atoms with Crippen molar-refractivity contribution in [3.8, 4) is 0 Å². The van der Waals surface area contributed by atoms with Gasteiger partial charge in [-0.15, -0.1) is 0 Å². The molecule has 0 bridgehead atoms. The van der Waals surface area contributed by atoms with Crippen molar-refractivity contribution in [2.24, 2.45) is 11.8 Å². The second kappa shape index (κ2) is 6.09. The highest BCUT2D eigenvalue weighted by molar-refractivity contribution is 5.99. The zero-order valence-electron chi connectivity index (χ0n) is 12.1. The van der Waals surface area contributed by atoms with Gasteiger partial charge >= 0.3 is 0 Å². The number of nitrogens with one attached hydrogen (secondary N) is 2. The third-order valence-electron chi connectivity index (χ3n) is 4.25. The molecule has 0 spiro atoms. The highest BCUT2D eigenvalue weighted by atomic mass is 16.1. The Morgan fingerprint density at radius 2 is 2.16 bits per heavy atom. The van der Waals surface area contributed by atoms with Crippen LogP contribution in [0.15, 0.2) is 18.2 Å². The Hall–Kier alpha value is -1.51. The van der Waals surface area contributed by atoms with Gasteiger partial charge in [0.15, 0.2) is 0 Å². The van der Waals surface area contributed by atoms with Crippen molar-refractivity contribution in [3.63, 3.8) is 0 Å². The molecule has 0 aromatic heterocycles. The summed E-state index contributed by atoms with van der Waals surface area (Å²) in [7, 11) is 1.85. The van der Waals surface area contributed by atoms with Crippen LogP contribution in [-0.2, 0) is 0 Å². The van der Waals surface area contributed by atoms with Crippen LogP contribution in [0.1, 0.15) is 42.1 Å². The monoisotopic (exact) mass is 260 g/mol. The molecule has 1 amide bonds. The molecule has 104 valence electrons. The van der Waals surface area contributed by atoms with Gasteiger partial charge in [0.1, 0.15) is 0 Å². The summed E-state index contributed by atoms with van der Waals surface area (Å²) in [6.45, 7) is 5.12. The Labute approximate surface area is 115 Å². The molecule has 0 aliphatic heterocycles. The van der Waals surface area contributed by atoms with Crippen LogP contribution in [0.4, 0.5) is 5.69 Å².